The van der Waals surface area contributed by atoms with Gasteiger partial charge >= 0.3 is 0 Å². The van der Waals surface area contributed by atoms with Crippen LogP contribution in [0.3, 0.4) is 0 Å². The van der Waals surface area contributed by atoms with Crippen molar-refractivity contribution in [3.8, 4) is 0 Å². The van der Waals surface area contributed by atoms with Crippen LogP contribution in [0.4, 0.5) is 5.82 Å². The van der Waals surface area contributed by atoms with Gasteiger partial charge in [-0.05, 0) is 24.7 Å². The van der Waals surface area contributed by atoms with Crippen LogP contribution in [0.5, 0.6) is 0 Å². The molecule has 94 valence electrons. The summed E-state index contributed by atoms with van der Waals surface area (Å²) in [4.78, 5) is 10.7. The minimum absolute atomic E-state index is 0.608. The first-order valence-electron chi connectivity index (χ1n) is 6.11. The van der Waals surface area contributed by atoms with Gasteiger partial charge in [0.05, 0.1) is 5.69 Å². The maximum atomic E-state index is 5.86. The standard InChI is InChI=1S/C14H18N4/c1-2-18(11-13-7-3-4-8-16-13)10-12-6-5-9-17-14(12)15/h3-9H,2,10-11H2,1H3,(H2,15,17). The molecule has 0 fully saturated rings. The molecule has 0 aliphatic rings. The van der Waals surface area contributed by atoms with Crippen LogP contribution in [0.25, 0.3) is 0 Å². The molecule has 0 amide bonds. The molecule has 0 aliphatic carbocycles. The molecule has 2 rings (SSSR count). The first kappa shape index (κ1) is 12.5. The van der Waals surface area contributed by atoms with Gasteiger partial charge in [-0.3, -0.25) is 9.88 Å². The highest BCUT2D eigenvalue weighted by Crippen LogP contribution is 2.12. The maximum absolute atomic E-state index is 5.86. The van der Waals surface area contributed by atoms with Crippen molar-refractivity contribution in [3.05, 3.63) is 54.0 Å². The summed E-state index contributed by atoms with van der Waals surface area (Å²) in [5.74, 6) is 0.608. The summed E-state index contributed by atoms with van der Waals surface area (Å²) in [7, 11) is 0. The lowest BCUT2D eigenvalue weighted by Crippen LogP contribution is -2.23. The van der Waals surface area contributed by atoms with Crippen LogP contribution in [0.2, 0.25) is 0 Å². The topological polar surface area (TPSA) is 55.0 Å². The van der Waals surface area contributed by atoms with Gasteiger partial charge in [0, 0.05) is 31.0 Å². The van der Waals surface area contributed by atoms with Gasteiger partial charge in [0.1, 0.15) is 5.82 Å². The molecule has 0 aliphatic heterocycles. The summed E-state index contributed by atoms with van der Waals surface area (Å²) in [6, 6.07) is 9.91. The van der Waals surface area contributed by atoms with Gasteiger partial charge in [-0.2, -0.15) is 0 Å². The Balaban J connectivity index is 2.04. The van der Waals surface area contributed by atoms with E-state index in [0.717, 1.165) is 30.9 Å². The van der Waals surface area contributed by atoms with Crippen molar-refractivity contribution in [1.29, 1.82) is 0 Å². The monoisotopic (exact) mass is 242 g/mol. The van der Waals surface area contributed by atoms with Gasteiger partial charge < -0.3 is 5.73 Å². The molecule has 0 spiro atoms. The Hall–Kier alpha value is -1.94. The molecule has 4 nitrogen and oxygen atoms in total. The zero-order valence-corrected chi connectivity index (χ0v) is 10.6. The third-order valence-electron chi connectivity index (χ3n) is 2.88. The summed E-state index contributed by atoms with van der Waals surface area (Å²) in [6.07, 6.45) is 3.54. The summed E-state index contributed by atoms with van der Waals surface area (Å²) in [5, 5.41) is 0. The molecule has 2 heterocycles. The van der Waals surface area contributed by atoms with E-state index in [9.17, 15) is 0 Å². The fraction of sp³-hybridized carbons (Fsp3) is 0.286. The highest BCUT2D eigenvalue weighted by Gasteiger charge is 2.07. The summed E-state index contributed by atoms with van der Waals surface area (Å²) >= 11 is 0. The lowest BCUT2D eigenvalue weighted by Gasteiger charge is -2.20. The SMILES string of the molecule is CCN(Cc1ccccn1)Cc1cccnc1N. The minimum atomic E-state index is 0.608. The Kier molecular flexibility index (Phi) is 4.25. The zero-order valence-electron chi connectivity index (χ0n) is 10.6. The first-order valence-corrected chi connectivity index (χ1v) is 6.11. The van der Waals surface area contributed by atoms with Crippen LogP contribution in [0.15, 0.2) is 42.7 Å². The summed E-state index contributed by atoms with van der Waals surface area (Å²) in [6.45, 7) is 4.71. The number of nitrogens with two attached hydrogens (primary N) is 1. The molecule has 4 heteroatoms. The van der Waals surface area contributed by atoms with E-state index in [2.05, 4.69) is 21.8 Å². The lowest BCUT2D eigenvalue weighted by molar-refractivity contribution is 0.268. The maximum Gasteiger partial charge on any atom is 0.127 e. The number of nitrogens with zero attached hydrogens (tertiary/aromatic N) is 3. The number of nitrogen functional groups attached to an aromatic ring is 1. The molecule has 0 bridgehead atoms. The molecular weight excluding hydrogens is 224 g/mol. The number of rotatable bonds is 5. The van der Waals surface area contributed by atoms with E-state index in [-0.39, 0.29) is 0 Å². The van der Waals surface area contributed by atoms with E-state index in [1.165, 1.54) is 0 Å². The third-order valence-corrected chi connectivity index (χ3v) is 2.88. The Labute approximate surface area is 107 Å². The molecule has 0 saturated carbocycles. The molecule has 18 heavy (non-hydrogen) atoms. The zero-order chi connectivity index (χ0) is 12.8. The van der Waals surface area contributed by atoms with Crippen molar-refractivity contribution < 1.29 is 0 Å². The lowest BCUT2D eigenvalue weighted by atomic mass is 10.2. The van der Waals surface area contributed by atoms with Crippen LogP contribution in [0, 0.1) is 0 Å². The average Bonchev–Trinajstić information content (AvgIpc) is 2.41. The number of anilines is 1. The predicted octanol–water partition coefficient (Wildman–Crippen LogP) is 2.08. The van der Waals surface area contributed by atoms with Crippen molar-refractivity contribution in [1.82, 2.24) is 14.9 Å². The largest absolute Gasteiger partial charge is 0.383 e. The molecule has 2 aromatic heterocycles. The molecular formula is C14H18N4. The van der Waals surface area contributed by atoms with Crippen molar-refractivity contribution >= 4 is 5.82 Å². The van der Waals surface area contributed by atoms with Gasteiger partial charge in [-0.15, -0.1) is 0 Å². The van der Waals surface area contributed by atoms with E-state index in [1.807, 2.05) is 36.5 Å². The second-order valence-corrected chi connectivity index (χ2v) is 4.17. The second kappa shape index (κ2) is 6.12. The van der Waals surface area contributed by atoms with Crippen molar-refractivity contribution in [2.24, 2.45) is 0 Å². The summed E-state index contributed by atoms with van der Waals surface area (Å²) in [5.41, 5.74) is 8.00. The number of hydrogen-bond donors (Lipinski definition) is 1. The molecule has 0 atom stereocenters. The smallest absolute Gasteiger partial charge is 0.127 e. The van der Waals surface area contributed by atoms with Crippen LogP contribution in [0.1, 0.15) is 18.2 Å². The predicted molar refractivity (Wildman–Crippen MR) is 72.7 cm³/mol. The van der Waals surface area contributed by atoms with Crippen LogP contribution < -0.4 is 5.73 Å². The molecule has 0 unspecified atom stereocenters. The highest BCUT2D eigenvalue weighted by atomic mass is 15.1. The van der Waals surface area contributed by atoms with Gasteiger partial charge in [-0.25, -0.2) is 4.98 Å². The van der Waals surface area contributed by atoms with E-state index in [1.54, 1.807) is 6.20 Å². The van der Waals surface area contributed by atoms with Crippen LogP contribution in [-0.2, 0) is 13.1 Å². The fourth-order valence-corrected chi connectivity index (χ4v) is 1.83. The minimum Gasteiger partial charge on any atom is -0.383 e. The Bertz CT molecular complexity index is 484. The van der Waals surface area contributed by atoms with E-state index >= 15 is 0 Å². The Morgan fingerprint density at radius 2 is 1.89 bits per heavy atom. The van der Waals surface area contributed by atoms with Crippen LogP contribution in [-0.4, -0.2) is 21.4 Å². The van der Waals surface area contributed by atoms with Crippen molar-refractivity contribution in [3.63, 3.8) is 0 Å². The van der Waals surface area contributed by atoms with Gasteiger partial charge in [-0.1, -0.05) is 19.1 Å². The van der Waals surface area contributed by atoms with Crippen molar-refractivity contribution in [2.75, 3.05) is 12.3 Å². The van der Waals surface area contributed by atoms with E-state index in [4.69, 9.17) is 5.73 Å². The number of aromatic nitrogens is 2. The van der Waals surface area contributed by atoms with Crippen molar-refractivity contribution in [2.45, 2.75) is 20.0 Å². The normalized spacial score (nSPS) is 10.8. The Morgan fingerprint density at radius 3 is 2.56 bits per heavy atom. The number of hydrogen-bond acceptors (Lipinski definition) is 4. The van der Waals surface area contributed by atoms with E-state index in [0.29, 0.717) is 5.82 Å². The molecule has 0 saturated heterocycles. The van der Waals surface area contributed by atoms with Gasteiger partial charge in [0.15, 0.2) is 0 Å². The highest BCUT2D eigenvalue weighted by molar-refractivity contribution is 5.38. The molecule has 0 aromatic carbocycles. The van der Waals surface area contributed by atoms with Gasteiger partial charge in [0.2, 0.25) is 0 Å². The average molecular weight is 242 g/mol. The quantitative estimate of drug-likeness (QED) is 0.872. The third kappa shape index (κ3) is 3.28. The summed E-state index contributed by atoms with van der Waals surface area (Å²) < 4.78 is 0. The molecule has 2 N–H and O–H groups in total. The molecule has 2 aromatic rings. The van der Waals surface area contributed by atoms with E-state index < -0.39 is 0 Å². The second-order valence-electron chi connectivity index (χ2n) is 4.17. The first-order chi connectivity index (χ1) is 8.79. The molecule has 0 radical (unpaired) electrons. The van der Waals surface area contributed by atoms with Crippen LogP contribution >= 0.6 is 0 Å². The van der Waals surface area contributed by atoms with Gasteiger partial charge in [0.25, 0.3) is 0 Å². The Morgan fingerprint density at radius 1 is 1.06 bits per heavy atom. The number of pyridine rings is 2. The fourth-order valence-electron chi connectivity index (χ4n) is 1.83.